The highest BCUT2D eigenvalue weighted by Crippen LogP contribution is 2.36. The van der Waals surface area contributed by atoms with Crippen molar-refractivity contribution >= 4 is 39.9 Å². The molecule has 34 heavy (non-hydrogen) atoms. The first kappa shape index (κ1) is 23.6. The number of benzene rings is 2. The normalized spacial score (nSPS) is 15.6. The van der Waals surface area contributed by atoms with E-state index in [9.17, 15) is 18.0 Å². The Labute approximate surface area is 195 Å². The molecule has 0 unspecified atom stereocenters. The van der Waals surface area contributed by atoms with Crippen LogP contribution in [-0.4, -0.2) is 46.6 Å². The first-order valence-electron chi connectivity index (χ1n) is 9.99. The fraction of sp³-hybridized carbons (Fsp3) is 0.227. The van der Waals surface area contributed by atoms with Gasteiger partial charge in [-0.3, -0.25) is 4.79 Å². The number of halogens is 5. The SMILES string of the molecule is C=CC(=O)N1CC[C@H](Oc2ccc3ncnc(Nc4ccc(OC(F)F)c(Cl)c4F)c3c2F)C1. The average molecular weight is 497 g/mol. The Bertz CT molecular complexity index is 1260. The monoisotopic (exact) mass is 496 g/mol. The molecule has 3 aromatic rings. The summed E-state index contributed by atoms with van der Waals surface area (Å²) in [6.45, 7) is 0.987. The number of rotatable bonds is 7. The summed E-state index contributed by atoms with van der Waals surface area (Å²) in [6.07, 6.45) is 2.42. The summed E-state index contributed by atoms with van der Waals surface area (Å²) >= 11 is 5.79. The van der Waals surface area contributed by atoms with Crippen LogP contribution < -0.4 is 14.8 Å². The lowest BCUT2D eigenvalue weighted by Gasteiger charge is -2.17. The number of nitrogens with zero attached hydrogens (tertiary/aromatic N) is 3. The van der Waals surface area contributed by atoms with Gasteiger partial charge in [0.2, 0.25) is 5.91 Å². The summed E-state index contributed by atoms with van der Waals surface area (Å²) in [6, 6.07) is 5.06. The summed E-state index contributed by atoms with van der Waals surface area (Å²) in [4.78, 5) is 21.3. The number of alkyl halides is 2. The molecule has 1 aromatic heterocycles. The smallest absolute Gasteiger partial charge is 0.387 e. The Morgan fingerprint density at radius 3 is 2.71 bits per heavy atom. The van der Waals surface area contributed by atoms with Crippen molar-refractivity contribution in [2.75, 3.05) is 18.4 Å². The fourth-order valence-corrected chi connectivity index (χ4v) is 3.76. The Morgan fingerprint density at radius 2 is 1.97 bits per heavy atom. The van der Waals surface area contributed by atoms with E-state index in [4.69, 9.17) is 16.3 Å². The minimum atomic E-state index is -3.18. The number of carbonyl (C=O) groups excluding carboxylic acids is 1. The number of likely N-dealkylation sites (tertiary alicyclic amines) is 1. The van der Waals surface area contributed by atoms with Gasteiger partial charge in [-0.1, -0.05) is 18.2 Å². The minimum absolute atomic E-state index is 0.0829. The average Bonchev–Trinajstić information content (AvgIpc) is 3.28. The third kappa shape index (κ3) is 4.69. The maximum Gasteiger partial charge on any atom is 0.387 e. The number of hydrogen-bond donors (Lipinski definition) is 1. The number of nitrogens with one attached hydrogen (secondary N) is 1. The number of amides is 1. The minimum Gasteiger partial charge on any atom is -0.485 e. The molecule has 4 rings (SSSR count). The first-order valence-corrected chi connectivity index (χ1v) is 10.4. The highest BCUT2D eigenvalue weighted by Gasteiger charge is 2.28. The molecule has 1 amide bonds. The van der Waals surface area contributed by atoms with Crippen molar-refractivity contribution in [3.8, 4) is 11.5 Å². The van der Waals surface area contributed by atoms with E-state index in [2.05, 4.69) is 26.6 Å². The zero-order chi connectivity index (χ0) is 24.4. The molecule has 1 saturated heterocycles. The third-order valence-corrected chi connectivity index (χ3v) is 5.50. The van der Waals surface area contributed by atoms with Crippen molar-refractivity contribution in [2.24, 2.45) is 0 Å². The van der Waals surface area contributed by atoms with E-state index in [0.717, 1.165) is 18.5 Å². The molecule has 0 aliphatic carbocycles. The molecule has 12 heteroatoms. The van der Waals surface area contributed by atoms with Gasteiger partial charge in [-0.05, 0) is 30.3 Å². The molecule has 1 N–H and O–H groups in total. The van der Waals surface area contributed by atoms with Crippen molar-refractivity contribution < 1.29 is 31.8 Å². The molecule has 2 heterocycles. The van der Waals surface area contributed by atoms with Gasteiger partial charge in [-0.25, -0.2) is 18.7 Å². The van der Waals surface area contributed by atoms with Crippen LogP contribution in [0.4, 0.5) is 29.1 Å². The van der Waals surface area contributed by atoms with Gasteiger partial charge in [0.1, 0.15) is 29.0 Å². The van der Waals surface area contributed by atoms with Gasteiger partial charge < -0.3 is 19.7 Å². The van der Waals surface area contributed by atoms with Gasteiger partial charge in [0.15, 0.2) is 17.4 Å². The molecule has 178 valence electrons. The summed E-state index contributed by atoms with van der Waals surface area (Å²) in [5.74, 6) is -2.86. The van der Waals surface area contributed by atoms with Crippen molar-refractivity contribution in [2.45, 2.75) is 19.1 Å². The number of aromatic nitrogens is 2. The quantitative estimate of drug-likeness (QED) is 0.363. The van der Waals surface area contributed by atoms with E-state index in [1.54, 1.807) is 4.90 Å². The molecule has 7 nitrogen and oxygen atoms in total. The topological polar surface area (TPSA) is 76.6 Å². The van der Waals surface area contributed by atoms with E-state index < -0.39 is 35.1 Å². The van der Waals surface area contributed by atoms with E-state index >= 15 is 4.39 Å². The number of carbonyl (C=O) groups is 1. The second-order valence-corrected chi connectivity index (χ2v) is 7.63. The molecular weight excluding hydrogens is 480 g/mol. The third-order valence-electron chi connectivity index (χ3n) is 5.15. The van der Waals surface area contributed by atoms with Gasteiger partial charge in [0.05, 0.1) is 23.1 Å². The molecule has 1 atom stereocenters. The summed E-state index contributed by atoms with van der Waals surface area (Å²) in [5, 5.41) is 1.86. The molecule has 0 bridgehead atoms. The van der Waals surface area contributed by atoms with Gasteiger partial charge in [-0.15, -0.1) is 0 Å². The lowest BCUT2D eigenvalue weighted by Crippen LogP contribution is -2.29. The van der Waals surface area contributed by atoms with Crippen LogP contribution in [0.15, 0.2) is 43.2 Å². The van der Waals surface area contributed by atoms with Crippen LogP contribution in [0.2, 0.25) is 5.02 Å². The van der Waals surface area contributed by atoms with Crippen LogP contribution in [0.1, 0.15) is 6.42 Å². The van der Waals surface area contributed by atoms with Crippen molar-refractivity contribution in [3.05, 3.63) is 59.9 Å². The standard InChI is InChI=1S/C22H17ClF4N4O3/c1-2-16(32)31-8-7-11(9-31)33-15-6-3-12-17(20(15)25)21(29-10-28-12)30-13-4-5-14(34-22(26)27)18(23)19(13)24/h2-6,10-11,22H,1,7-9H2,(H,28,29,30)/t11-/m0/s1. The number of anilines is 2. The van der Waals surface area contributed by atoms with Crippen molar-refractivity contribution in [1.29, 1.82) is 0 Å². The van der Waals surface area contributed by atoms with E-state index in [-0.39, 0.29) is 40.6 Å². The predicted molar refractivity (Wildman–Crippen MR) is 117 cm³/mol. The highest BCUT2D eigenvalue weighted by molar-refractivity contribution is 6.32. The zero-order valence-corrected chi connectivity index (χ0v) is 18.2. The first-order chi connectivity index (χ1) is 16.3. The summed E-state index contributed by atoms with van der Waals surface area (Å²) < 4.78 is 64.9. The molecule has 1 aliphatic rings. The van der Waals surface area contributed by atoms with E-state index in [1.807, 2.05) is 0 Å². The molecule has 0 spiro atoms. The highest BCUT2D eigenvalue weighted by atomic mass is 35.5. The van der Waals surface area contributed by atoms with E-state index in [0.29, 0.717) is 13.0 Å². The molecular formula is C22H17ClF4N4O3. The van der Waals surface area contributed by atoms with Crippen LogP contribution in [0.25, 0.3) is 10.9 Å². The van der Waals surface area contributed by atoms with Crippen LogP contribution in [0, 0.1) is 11.6 Å². The van der Waals surface area contributed by atoms with Gasteiger partial charge >= 0.3 is 6.61 Å². The number of ether oxygens (including phenoxy) is 2. The molecule has 2 aromatic carbocycles. The second kappa shape index (κ2) is 9.72. The molecule has 1 aliphatic heterocycles. The molecule has 1 fully saturated rings. The van der Waals surface area contributed by atoms with Crippen LogP contribution in [0.5, 0.6) is 11.5 Å². The maximum absolute atomic E-state index is 15.4. The molecule has 0 saturated carbocycles. The Morgan fingerprint density at radius 1 is 1.21 bits per heavy atom. The number of fused-ring (bicyclic) bond motifs is 1. The second-order valence-electron chi connectivity index (χ2n) is 7.25. The Kier molecular flexibility index (Phi) is 6.73. The zero-order valence-electron chi connectivity index (χ0n) is 17.4. The summed E-state index contributed by atoms with van der Waals surface area (Å²) in [7, 11) is 0. The Hall–Kier alpha value is -3.60. The lowest BCUT2D eigenvalue weighted by molar-refractivity contribution is -0.125. The van der Waals surface area contributed by atoms with Gasteiger partial charge in [0, 0.05) is 13.0 Å². The Balaban J connectivity index is 1.63. The van der Waals surface area contributed by atoms with Gasteiger partial charge in [-0.2, -0.15) is 8.78 Å². The van der Waals surface area contributed by atoms with Crippen molar-refractivity contribution in [1.82, 2.24) is 14.9 Å². The van der Waals surface area contributed by atoms with Gasteiger partial charge in [0.25, 0.3) is 0 Å². The number of hydrogen-bond acceptors (Lipinski definition) is 6. The molecule has 0 radical (unpaired) electrons. The fourth-order valence-electron chi connectivity index (χ4n) is 3.55. The maximum atomic E-state index is 15.4. The van der Waals surface area contributed by atoms with E-state index in [1.165, 1.54) is 18.2 Å². The largest absolute Gasteiger partial charge is 0.485 e. The summed E-state index contributed by atoms with van der Waals surface area (Å²) in [5.41, 5.74) is -0.0342. The van der Waals surface area contributed by atoms with Crippen LogP contribution in [0.3, 0.4) is 0 Å². The predicted octanol–water partition coefficient (Wildman–Crippen LogP) is 5.07. The van der Waals surface area contributed by atoms with Crippen LogP contribution in [-0.2, 0) is 4.79 Å². The van der Waals surface area contributed by atoms with Crippen LogP contribution >= 0.6 is 11.6 Å². The lowest BCUT2D eigenvalue weighted by atomic mass is 10.2. The van der Waals surface area contributed by atoms with Crippen molar-refractivity contribution in [3.63, 3.8) is 0 Å².